The van der Waals surface area contributed by atoms with E-state index >= 15 is 0 Å². The fourth-order valence-electron chi connectivity index (χ4n) is 10.7. The first kappa shape index (κ1) is 41.2. The lowest BCUT2D eigenvalue weighted by atomic mass is 9.37. The minimum absolute atomic E-state index is 0.00355. The monoisotopic (exact) mass is 891 g/mol. The summed E-state index contributed by atoms with van der Waals surface area (Å²) in [5, 5.41) is 4.66. The predicted octanol–water partition coefficient (Wildman–Crippen LogP) is 10.4. The van der Waals surface area contributed by atoms with Crippen molar-refractivity contribution in [2.24, 2.45) is 0 Å². The second kappa shape index (κ2) is 17.5. The van der Waals surface area contributed by atoms with Gasteiger partial charge in [0, 0.05) is 38.4 Å². The Labute approximate surface area is 407 Å². The molecule has 3 aromatic heterocycles. The average Bonchev–Trinajstić information content (AvgIpc) is 3.96. The Hall–Kier alpha value is -9.06. The molecule has 70 heavy (non-hydrogen) atoms. The van der Waals surface area contributed by atoms with Crippen molar-refractivity contribution in [3.05, 3.63) is 261 Å². The smallest absolute Gasteiger partial charge is 0.241 e. The first-order chi connectivity index (χ1) is 34.7. The molecule has 0 amide bonds. The number of nitrogens with zero attached hydrogens (tertiary/aromatic N) is 5. The Morgan fingerprint density at radius 3 is 1.20 bits per heavy atom. The molecule has 0 saturated heterocycles. The molecule has 0 spiro atoms. The number of hydrogen-bond acceptors (Lipinski definition) is 3. The quantitative estimate of drug-likeness (QED) is 0.129. The van der Waals surface area contributed by atoms with Gasteiger partial charge < -0.3 is 4.57 Å². The highest BCUT2D eigenvalue weighted by atomic mass is 15.2. The van der Waals surface area contributed by atoms with Gasteiger partial charge >= 0.3 is 0 Å². The van der Waals surface area contributed by atoms with Gasteiger partial charge in [0.1, 0.15) is 0 Å². The third-order valence-corrected chi connectivity index (χ3v) is 13.8. The van der Waals surface area contributed by atoms with Crippen LogP contribution in [0.15, 0.2) is 261 Å². The van der Waals surface area contributed by atoms with Crippen molar-refractivity contribution >= 4 is 89.8 Å². The lowest BCUT2D eigenvalue weighted by Gasteiger charge is -2.17. The van der Waals surface area contributed by atoms with Crippen LogP contribution in [0.25, 0.3) is 78.0 Å². The highest BCUT2D eigenvalue weighted by Gasteiger charge is 2.26. The molecule has 0 N–H and O–H groups in total. The largest absolute Gasteiger partial charge is 0.309 e. The second-order valence-corrected chi connectivity index (χ2v) is 17.9. The van der Waals surface area contributed by atoms with Crippen LogP contribution in [0.3, 0.4) is 0 Å². The summed E-state index contributed by atoms with van der Waals surface area (Å²) in [5.41, 5.74) is 14.4. The van der Waals surface area contributed by atoms with Gasteiger partial charge in [-0.05, 0) is 30.3 Å². The molecule has 5 nitrogen and oxygen atoms in total. The van der Waals surface area contributed by atoms with E-state index in [9.17, 15) is 0 Å². The van der Waals surface area contributed by atoms with E-state index in [1.165, 1.54) is 32.6 Å². The maximum absolute atomic E-state index is 5.51. The third kappa shape index (κ3) is 7.19. The summed E-state index contributed by atoms with van der Waals surface area (Å²) in [5.74, 6) is 1.74. The number of para-hydroxylation sites is 3. The van der Waals surface area contributed by atoms with Gasteiger partial charge in [-0.2, -0.15) is 9.97 Å². The van der Waals surface area contributed by atoms with Crippen LogP contribution in [-0.2, 0) is 0 Å². The van der Waals surface area contributed by atoms with E-state index in [4.69, 9.17) is 15.0 Å². The predicted molar refractivity (Wildman–Crippen MR) is 294 cm³/mol. The third-order valence-electron chi connectivity index (χ3n) is 13.8. The number of fused-ring (bicyclic) bond motifs is 7. The van der Waals surface area contributed by atoms with Crippen LogP contribution in [0.1, 0.15) is 0 Å². The number of aromatic nitrogens is 5. The summed E-state index contributed by atoms with van der Waals surface area (Å²) in [6.45, 7) is 0.00709. The summed E-state index contributed by atoms with van der Waals surface area (Å²) >= 11 is 0. The molecule has 7 heteroatoms. The SMILES string of the molecule is c1ccc(B(c2ccccc2)c2cccc(-c3nc(-c4cccc(B(c5ccccc5)c5ccccc5)c4)nc(-n4c5ccccc5c5c4ccc4c6ccccc6n(-c6ccccc6)c45)n3)c2)cc1. The highest BCUT2D eigenvalue weighted by Crippen LogP contribution is 2.41. The number of hydrogen-bond donors (Lipinski definition) is 0. The first-order valence-electron chi connectivity index (χ1n) is 23.9. The average molecular weight is 892 g/mol. The zero-order valence-corrected chi connectivity index (χ0v) is 38.2. The summed E-state index contributed by atoms with van der Waals surface area (Å²) in [6.07, 6.45) is 0. The Morgan fingerprint density at radius 2 is 0.700 bits per heavy atom. The molecule has 0 unspecified atom stereocenters. The molecule has 326 valence electrons. The lowest BCUT2D eigenvalue weighted by molar-refractivity contribution is 0.954. The molecule has 0 bridgehead atoms. The van der Waals surface area contributed by atoms with Crippen LogP contribution in [0, 0.1) is 0 Å². The molecule has 0 aliphatic heterocycles. The number of rotatable bonds is 10. The van der Waals surface area contributed by atoms with Gasteiger partial charge in [-0.15, -0.1) is 0 Å². The summed E-state index contributed by atoms with van der Waals surface area (Å²) in [4.78, 5) is 16.4. The van der Waals surface area contributed by atoms with E-state index in [1.807, 2.05) is 0 Å². The zero-order chi connectivity index (χ0) is 46.4. The second-order valence-electron chi connectivity index (χ2n) is 17.9. The molecular weight excluding hydrogens is 848 g/mol. The Balaban J connectivity index is 1.07. The lowest BCUT2D eigenvalue weighted by Crippen LogP contribution is -2.51. The molecule has 0 saturated carbocycles. The fraction of sp³-hybridized carbons (Fsp3) is 0. The van der Waals surface area contributed by atoms with Crippen molar-refractivity contribution in [3.63, 3.8) is 0 Å². The molecule has 0 radical (unpaired) electrons. The normalized spacial score (nSPS) is 11.4. The van der Waals surface area contributed by atoms with Gasteiger partial charge in [-0.3, -0.25) is 4.57 Å². The Kier molecular flexibility index (Phi) is 10.3. The minimum Gasteiger partial charge on any atom is -0.309 e. The van der Waals surface area contributed by atoms with Crippen LogP contribution >= 0.6 is 0 Å². The van der Waals surface area contributed by atoms with Crippen LogP contribution in [0.4, 0.5) is 0 Å². The Morgan fingerprint density at radius 1 is 0.286 bits per heavy atom. The molecule has 0 aliphatic rings. The van der Waals surface area contributed by atoms with E-state index < -0.39 is 0 Å². The summed E-state index contributed by atoms with van der Waals surface area (Å²) in [7, 11) is 0. The van der Waals surface area contributed by atoms with Gasteiger partial charge in [0.05, 0.1) is 22.1 Å². The van der Waals surface area contributed by atoms with Gasteiger partial charge in [-0.1, -0.05) is 263 Å². The first-order valence-corrected chi connectivity index (χ1v) is 23.9. The fourth-order valence-corrected chi connectivity index (χ4v) is 10.7. The zero-order valence-electron chi connectivity index (χ0n) is 38.2. The summed E-state index contributed by atoms with van der Waals surface area (Å²) in [6, 6.07) is 93.0. The standard InChI is InChI=1S/C63H43B2N5/c1-6-24-46(25-7-1)64(47-26-8-2-9-27-47)50-32-20-22-44(42-50)61-66-62(45-23-21-33-51(43-45)65(48-28-10-3-11-29-48)49-30-12-4-13-31-49)68-63(67-61)70-57-39-19-17-37-55(57)59-58(70)41-40-54-53-36-16-18-38-56(53)69(60(54)59)52-34-14-5-15-35-52/h1-43H. The number of benzene rings is 10. The van der Waals surface area contributed by atoms with E-state index in [1.54, 1.807) is 0 Å². The maximum Gasteiger partial charge on any atom is 0.241 e. The van der Waals surface area contributed by atoms with Crippen molar-refractivity contribution in [1.29, 1.82) is 0 Å². The van der Waals surface area contributed by atoms with Crippen molar-refractivity contribution in [2.45, 2.75) is 0 Å². The molecule has 0 fully saturated rings. The van der Waals surface area contributed by atoms with Crippen LogP contribution < -0.4 is 32.8 Å². The molecule has 0 aliphatic carbocycles. The minimum atomic E-state index is 0.00355. The summed E-state index contributed by atoms with van der Waals surface area (Å²) < 4.78 is 4.66. The molecular formula is C63H43B2N5. The molecule has 13 aromatic rings. The van der Waals surface area contributed by atoms with Crippen molar-refractivity contribution in [1.82, 2.24) is 24.1 Å². The topological polar surface area (TPSA) is 48.5 Å². The van der Waals surface area contributed by atoms with E-state index in [2.05, 4.69) is 270 Å². The van der Waals surface area contributed by atoms with Crippen LogP contribution in [0.2, 0.25) is 0 Å². The van der Waals surface area contributed by atoms with Crippen molar-refractivity contribution in [2.75, 3.05) is 0 Å². The van der Waals surface area contributed by atoms with Gasteiger partial charge in [0.2, 0.25) is 19.4 Å². The van der Waals surface area contributed by atoms with Crippen LogP contribution in [-0.4, -0.2) is 37.5 Å². The molecule has 13 rings (SSSR count). The van der Waals surface area contributed by atoms with E-state index in [-0.39, 0.29) is 13.4 Å². The van der Waals surface area contributed by atoms with Crippen molar-refractivity contribution in [3.8, 4) is 34.4 Å². The highest BCUT2D eigenvalue weighted by molar-refractivity contribution is 6.96. The van der Waals surface area contributed by atoms with E-state index in [0.29, 0.717) is 17.6 Å². The molecule has 3 heterocycles. The van der Waals surface area contributed by atoms with Gasteiger partial charge in [-0.25, -0.2) is 4.98 Å². The van der Waals surface area contributed by atoms with Gasteiger partial charge in [0.15, 0.2) is 11.6 Å². The Bertz CT molecular complexity index is 3780. The van der Waals surface area contributed by atoms with E-state index in [0.717, 1.165) is 60.6 Å². The van der Waals surface area contributed by atoms with Crippen LogP contribution in [0.5, 0.6) is 0 Å². The van der Waals surface area contributed by atoms with Gasteiger partial charge in [0.25, 0.3) is 0 Å². The molecule has 0 atom stereocenters. The van der Waals surface area contributed by atoms with Crippen molar-refractivity contribution < 1.29 is 0 Å². The molecule has 10 aromatic carbocycles. The maximum atomic E-state index is 5.51.